The maximum atomic E-state index is 12.0. The van der Waals surface area contributed by atoms with Crippen LogP contribution < -0.4 is 10.6 Å². The van der Waals surface area contributed by atoms with Crippen molar-refractivity contribution in [1.29, 1.82) is 0 Å². The van der Waals surface area contributed by atoms with E-state index < -0.39 is 11.8 Å². The fraction of sp³-hybridized carbons (Fsp3) is 0.308. The van der Waals surface area contributed by atoms with E-state index in [-0.39, 0.29) is 12.3 Å². The smallest absolute Gasteiger partial charge is 0.227 e. The standard InChI is InChI=1S/C13H13N3O3/c1-7-15-12-9(3-2-4-10(12)19-7)16-6-8(13(14)18)5-11(16)17/h2-4,8H,5-6H2,1H3,(H2,14,18). The zero-order valence-electron chi connectivity index (χ0n) is 10.4. The maximum Gasteiger partial charge on any atom is 0.227 e. The van der Waals surface area contributed by atoms with Crippen LogP contribution in [0.3, 0.4) is 0 Å². The molecule has 6 heteroatoms. The molecule has 98 valence electrons. The molecular weight excluding hydrogens is 246 g/mol. The Labute approximate surface area is 109 Å². The number of hydrogen-bond donors (Lipinski definition) is 1. The van der Waals surface area contributed by atoms with Gasteiger partial charge in [-0.3, -0.25) is 9.59 Å². The first-order chi connectivity index (χ1) is 9.06. The van der Waals surface area contributed by atoms with E-state index in [1.165, 1.54) is 0 Å². The topological polar surface area (TPSA) is 89.4 Å². The van der Waals surface area contributed by atoms with Crippen LogP contribution in [-0.4, -0.2) is 23.3 Å². The van der Waals surface area contributed by atoms with Crippen molar-refractivity contribution in [1.82, 2.24) is 4.98 Å². The Hall–Kier alpha value is -2.37. The number of rotatable bonds is 2. The van der Waals surface area contributed by atoms with Crippen molar-refractivity contribution >= 4 is 28.6 Å². The monoisotopic (exact) mass is 259 g/mol. The molecule has 2 amide bonds. The van der Waals surface area contributed by atoms with Crippen molar-refractivity contribution in [3.8, 4) is 0 Å². The van der Waals surface area contributed by atoms with Crippen LogP contribution >= 0.6 is 0 Å². The van der Waals surface area contributed by atoms with Gasteiger partial charge in [-0.2, -0.15) is 0 Å². The first-order valence-electron chi connectivity index (χ1n) is 6.02. The predicted molar refractivity (Wildman–Crippen MR) is 68.4 cm³/mol. The van der Waals surface area contributed by atoms with Gasteiger partial charge >= 0.3 is 0 Å². The summed E-state index contributed by atoms with van der Waals surface area (Å²) in [6, 6.07) is 5.39. The molecule has 0 aliphatic carbocycles. The van der Waals surface area contributed by atoms with Crippen molar-refractivity contribution in [2.24, 2.45) is 11.7 Å². The summed E-state index contributed by atoms with van der Waals surface area (Å²) in [5.74, 6) is -0.451. The van der Waals surface area contributed by atoms with Crippen molar-refractivity contribution in [3.05, 3.63) is 24.1 Å². The molecule has 1 atom stereocenters. The van der Waals surface area contributed by atoms with Crippen LogP contribution in [0.25, 0.3) is 11.1 Å². The van der Waals surface area contributed by atoms with E-state index >= 15 is 0 Å². The minimum absolute atomic E-state index is 0.114. The SMILES string of the molecule is Cc1nc2c(N3CC(C(N)=O)CC3=O)cccc2o1. The molecule has 2 aromatic rings. The molecular formula is C13H13N3O3. The molecule has 1 aliphatic heterocycles. The van der Waals surface area contributed by atoms with Gasteiger partial charge in [-0.05, 0) is 12.1 Å². The van der Waals surface area contributed by atoms with E-state index in [0.29, 0.717) is 29.2 Å². The Bertz CT molecular complexity index is 677. The molecule has 1 aromatic heterocycles. The third kappa shape index (κ3) is 1.85. The van der Waals surface area contributed by atoms with E-state index in [2.05, 4.69) is 4.98 Å². The number of benzene rings is 1. The molecule has 2 N–H and O–H groups in total. The molecule has 1 saturated heterocycles. The molecule has 19 heavy (non-hydrogen) atoms. The number of para-hydroxylation sites is 1. The molecule has 6 nitrogen and oxygen atoms in total. The first kappa shape index (κ1) is 11.7. The number of anilines is 1. The lowest BCUT2D eigenvalue weighted by Crippen LogP contribution is -2.28. The van der Waals surface area contributed by atoms with Crippen LogP contribution in [0.5, 0.6) is 0 Å². The number of aromatic nitrogens is 1. The largest absolute Gasteiger partial charge is 0.441 e. The maximum absolute atomic E-state index is 12.0. The molecule has 0 bridgehead atoms. The third-order valence-corrected chi connectivity index (χ3v) is 3.32. The second-order valence-electron chi connectivity index (χ2n) is 4.66. The van der Waals surface area contributed by atoms with Crippen molar-refractivity contribution in [2.75, 3.05) is 11.4 Å². The van der Waals surface area contributed by atoms with E-state index in [0.717, 1.165) is 0 Å². The fourth-order valence-corrected chi connectivity index (χ4v) is 2.39. The van der Waals surface area contributed by atoms with Gasteiger partial charge in [0.15, 0.2) is 11.5 Å². The number of aryl methyl sites for hydroxylation is 1. The summed E-state index contributed by atoms with van der Waals surface area (Å²) in [4.78, 5) is 29.0. The van der Waals surface area contributed by atoms with Gasteiger partial charge in [-0.1, -0.05) is 6.07 Å². The molecule has 0 spiro atoms. The fourth-order valence-electron chi connectivity index (χ4n) is 2.39. The zero-order chi connectivity index (χ0) is 13.6. The van der Waals surface area contributed by atoms with E-state index in [9.17, 15) is 9.59 Å². The normalized spacial score (nSPS) is 19.3. The number of fused-ring (bicyclic) bond motifs is 1. The number of primary amides is 1. The average Bonchev–Trinajstić information content (AvgIpc) is 2.90. The summed E-state index contributed by atoms with van der Waals surface area (Å²) in [6.07, 6.45) is 0.155. The van der Waals surface area contributed by atoms with Crippen LogP contribution in [0.2, 0.25) is 0 Å². The Balaban J connectivity index is 2.05. The molecule has 1 unspecified atom stereocenters. The number of hydrogen-bond acceptors (Lipinski definition) is 4. The Kier molecular flexibility index (Phi) is 2.51. The highest BCUT2D eigenvalue weighted by atomic mass is 16.3. The van der Waals surface area contributed by atoms with Crippen molar-refractivity contribution in [3.63, 3.8) is 0 Å². The molecule has 1 aromatic carbocycles. The summed E-state index contributed by atoms with van der Waals surface area (Å²) in [6.45, 7) is 2.06. The summed E-state index contributed by atoms with van der Waals surface area (Å²) in [7, 11) is 0. The summed E-state index contributed by atoms with van der Waals surface area (Å²) in [5, 5.41) is 0. The van der Waals surface area contributed by atoms with Gasteiger partial charge in [0.2, 0.25) is 11.8 Å². The molecule has 3 rings (SSSR count). The van der Waals surface area contributed by atoms with Crippen LogP contribution in [-0.2, 0) is 9.59 Å². The van der Waals surface area contributed by atoms with Crippen LogP contribution in [0.15, 0.2) is 22.6 Å². The highest BCUT2D eigenvalue weighted by Crippen LogP contribution is 2.31. The average molecular weight is 259 g/mol. The van der Waals surface area contributed by atoms with Crippen molar-refractivity contribution in [2.45, 2.75) is 13.3 Å². The van der Waals surface area contributed by atoms with Gasteiger partial charge in [-0.15, -0.1) is 0 Å². The number of carbonyl (C=O) groups excluding carboxylic acids is 2. The second kappa shape index (κ2) is 4.08. The number of nitrogens with zero attached hydrogens (tertiary/aromatic N) is 2. The summed E-state index contributed by atoms with van der Waals surface area (Å²) >= 11 is 0. The minimum atomic E-state index is -0.445. The van der Waals surface area contributed by atoms with Gasteiger partial charge < -0.3 is 15.1 Å². The molecule has 1 fully saturated rings. The lowest BCUT2D eigenvalue weighted by atomic mass is 10.1. The van der Waals surface area contributed by atoms with E-state index in [1.54, 1.807) is 30.0 Å². The van der Waals surface area contributed by atoms with Crippen LogP contribution in [0, 0.1) is 12.8 Å². The third-order valence-electron chi connectivity index (χ3n) is 3.32. The molecule has 1 aliphatic rings. The van der Waals surface area contributed by atoms with E-state index in [1.807, 2.05) is 0 Å². The quantitative estimate of drug-likeness (QED) is 0.870. The molecule has 0 saturated carbocycles. The van der Waals surface area contributed by atoms with Gasteiger partial charge in [-0.25, -0.2) is 4.98 Å². The Morgan fingerprint density at radius 3 is 3.00 bits per heavy atom. The van der Waals surface area contributed by atoms with Gasteiger partial charge in [0.1, 0.15) is 5.52 Å². The van der Waals surface area contributed by atoms with Gasteiger partial charge in [0.05, 0.1) is 11.6 Å². The number of carbonyl (C=O) groups is 2. The number of oxazole rings is 1. The zero-order valence-corrected chi connectivity index (χ0v) is 10.4. The highest BCUT2D eigenvalue weighted by molar-refractivity contribution is 6.04. The van der Waals surface area contributed by atoms with Gasteiger partial charge in [0.25, 0.3) is 0 Å². The van der Waals surface area contributed by atoms with Crippen LogP contribution in [0.1, 0.15) is 12.3 Å². The van der Waals surface area contributed by atoms with Crippen molar-refractivity contribution < 1.29 is 14.0 Å². The highest BCUT2D eigenvalue weighted by Gasteiger charge is 2.35. The Morgan fingerprint density at radius 1 is 1.53 bits per heavy atom. The first-order valence-corrected chi connectivity index (χ1v) is 6.02. The predicted octanol–water partition coefficient (Wildman–Crippen LogP) is 0.974. The number of amides is 2. The lowest BCUT2D eigenvalue weighted by Gasteiger charge is -2.16. The number of nitrogens with two attached hydrogens (primary N) is 1. The van der Waals surface area contributed by atoms with E-state index in [4.69, 9.17) is 10.2 Å². The van der Waals surface area contributed by atoms with Gasteiger partial charge in [0, 0.05) is 19.9 Å². The minimum Gasteiger partial charge on any atom is -0.441 e. The van der Waals surface area contributed by atoms with Crippen LogP contribution in [0.4, 0.5) is 5.69 Å². The molecule has 2 heterocycles. The lowest BCUT2D eigenvalue weighted by molar-refractivity contribution is -0.123. The Morgan fingerprint density at radius 2 is 2.32 bits per heavy atom. The molecule has 0 radical (unpaired) electrons. The summed E-state index contributed by atoms with van der Waals surface area (Å²) in [5.41, 5.74) is 7.20. The second-order valence-corrected chi connectivity index (χ2v) is 4.66. The summed E-state index contributed by atoms with van der Waals surface area (Å²) < 4.78 is 5.44.